The van der Waals surface area contributed by atoms with Gasteiger partial charge in [0.05, 0.1) is 12.1 Å². The Kier molecular flexibility index (Phi) is 2.26. The minimum absolute atomic E-state index is 0.195. The second-order valence-electron chi connectivity index (χ2n) is 4.07. The first kappa shape index (κ1) is 8.97. The highest BCUT2D eigenvalue weighted by Crippen LogP contribution is 2.19. The highest BCUT2D eigenvalue weighted by molar-refractivity contribution is 5.78. The van der Waals surface area contributed by atoms with Crippen LogP contribution in [0.5, 0.6) is 0 Å². The molecule has 2 aliphatic rings. The average molecular weight is 184 g/mol. The van der Waals surface area contributed by atoms with Crippen molar-refractivity contribution >= 4 is 5.91 Å². The largest absolute Gasteiger partial charge is 0.387 e. The maximum atomic E-state index is 11.3. The molecule has 4 heteroatoms. The number of amides is 1. The summed E-state index contributed by atoms with van der Waals surface area (Å²) in [5, 5.41) is 13.1. The van der Waals surface area contributed by atoms with E-state index < -0.39 is 5.60 Å². The number of nitrogens with zero attached hydrogens (tertiary/aromatic N) is 1. The van der Waals surface area contributed by atoms with Crippen LogP contribution in [0.25, 0.3) is 0 Å². The summed E-state index contributed by atoms with van der Waals surface area (Å²) in [6.45, 7) is 2.81. The standard InChI is InChI=1S/C9H16N2O2/c12-8-2-1-5-11(8)7-9(13)3-4-10-6-9/h10,13H,1-7H2/t9-/m0/s1. The van der Waals surface area contributed by atoms with Gasteiger partial charge in [0.25, 0.3) is 0 Å². The zero-order valence-corrected chi connectivity index (χ0v) is 7.75. The molecule has 2 rings (SSSR count). The highest BCUT2D eigenvalue weighted by atomic mass is 16.3. The van der Waals surface area contributed by atoms with Crippen molar-refractivity contribution in [2.45, 2.75) is 24.9 Å². The Morgan fingerprint density at radius 1 is 1.62 bits per heavy atom. The third-order valence-electron chi connectivity index (χ3n) is 2.88. The van der Waals surface area contributed by atoms with E-state index in [0.29, 0.717) is 19.5 Å². The Morgan fingerprint density at radius 2 is 2.46 bits per heavy atom. The molecule has 2 fully saturated rings. The van der Waals surface area contributed by atoms with E-state index in [0.717, 1.165) is 25.9 Å². The van der Waals surface area contributed by atoms with Gasteiger partial charge >= 0.3 is 0 Å². The van der Waals surface area contributed by atoms with Gasteiger partial charge in [-0.05, 0) is 19.4 Å². The van der Waals surface area contributed by atoms with Crippen molar-refractivity contribution < 1.29 is 9.90 Å². The molecule has 0 radical (unpaired) electrons. The fourth-order valence-corrected chi connectivity index (χ4v) is 2.09. The van der Waals surface area contributed by atoms with Gasteiger partial charge in [-0.1, -0.05) is 0 Å². The quantitative estimate of drug-likeness (QED) is 0.598. The van der Waals surface area contributed by atoms with E-state index in [-0.39, 0.29) is 5.91 Å². The summed E-state index contributed by atoms with van der Waals surface area (Å²) in [4.78, 5) is 13.1. The SMILES string of the molecule is O=C1CCCN1C[C@]1(O)CCNC1. The summed E-state index contributed by atoms with van der Waals surface area (Å²) in [6.07, 6.45) is 2.36. The zero-order valence-electron chi connectivity index (χ0n) is 7.75. The minimum atomic E-state index is -0.667. The monoisotopic (exact) mass is 184 g/mol. The first-order valence-electron chi connectivity index (χ1n) is 4.91. The molecule has 0 unspecified atom stereocenters. The van der Waals surface area contributed by atoms with Crippen LogP contribution in [0.2, 0.25) is 0 Å². The molecule has 2 aliphatic heterocycles. The van der Waals surface area contributed by atoms with E-state index in [2.05, 4.69) is 5.32 Å². The average Bonchev–Trinajstić information content (AvgIpc) is 2.64. The number of likely N-dealkylation sites (tertiary alicyclic amines) is 1. The first-order valence-corrected chi connectivity index (χ1v) is 4.91. The number of β-amino-alcohol motifs (C(OH)–C–C–N with tert-alkyl or cyclic N) is 1. The molecular formula is C9H16N2O2. The van der Waals surface area contributed by atoms with Crippen molar-refractivity contribution in [2.24, 2.45) is 0 Å². The Hall–Kier alpha value is -0.610. The molecule has 0 aromatic heterocycles. The molecule has 74 valence electrons. The summed E-state index contributed by atoms with van der Waals surface area (Å²) in [5.41, 5.74) is -0.667. The van der Waals surface area contributed by atoms with Crippen LogP contribution in [0.4, 0.5) is 0 Å². The van der Waals surface area contributed by atoms with Crippen LogP contribution < -0.4 is 5.32 Å². The predicted octanol–water partition coefficient (Wildman–Crippen LogP) is -0.667. The highest BCUT2D eigenvalue weighted by Gasteiger charge is 2.35. The van der Waals surface area contributed by atoms with Crippen molar-refractivity contribution in [1.82, 2.24) is 10.2 Å². The maximum absolute atomic E-state index is 11.3. The van der Waals surface area contributed by atoms with Gasteiger partial charge in [0, 0.05) is 19.5 Å². The molecule has 0 aromatic carbocycles. The summed E-state index contributed by atoms with van der Waals surface area (Å²) < 4.78 is 0. The lowest BCUT2D eigenvalue weighted by atomic mass is 10.0. The van der Waals surface area contributed by atoms with Crippen LogP contribution in [0.15, 0.2) is 0 Å². The van der Waals surface area contributed by atoms with Gasteiger partial charge in [-0.15, -0.1) is 0 Å². The molecule has 0 saturated carbocycles. The van der Waals surface area contributed by atoms with Gasteiger partial charge in [-0.25, -0.2) is 0 Å². The Labute approximate surface area is 77.9 Å². The molecule has 0 aromatic rings. The third-order valence-corrected chi connectivity index (χ3v) is 2.88. The predicted molar refractivity (Wildman–Crippen MR) is 48.3 cm³/mol. The van der Waals surface area contributed by atoms with E-state index in [4.69, 9.17) is 0 Å². The lowest BCUT2D eigenvalue weighted by Gasteiger charge is -2.27. The molecular weight excluding hydrogens is 168 g/mol. The molecule has 2 heterocycles. The van der Waals surface area contributed by atoms with Crippen molar-refractivity contribution in [1.29, 1.82) is 0 Å². The second-order valence-corrected chi connectivity index (χ2v) is 4.07. The van der Waals surface area contributed by atoms with Gasteiger partial charge in [0.2, 0.25) is 5.91 Å². The van der Waals surface area contributed by atoms with Crippen molar-refractivity contribution in [3.05, 3.63) is 0 Å². The van der Waals surface area contributed by atoms with Crippen LogP contribution >= 0.6 is 0 Å². The van der Waals surface area contributed by atoms with E-state index >= 15 is 0 Å². The van der Waals surface area contributed by atoms with Crippen LogP contribution in [0, 0.1) is 0 Å². The number of carbonyl (C=O) groups excluding carboxylic acids is 1. The maximum Gasteiger partial charge on any atom is 0.222 e. The molecule has 13 heavy (non-hydrogen) atoms. The van der Waals surface area contributed by atoms with Crippen LogP contribution in [-0.2, 0) is 4.79 Å². The zero-order chi connectivity index (χ0) is 9.31. The summed E-state index contributed by atoms with van der Waals surface area (Å²) >= 11 is 0. The topological polar surface area (TPSA) is 52.6 Å². The Balaban J connectivity index is 1.92. The third kappa shape index (κ3) is 1.84. The van der Waals surface area contributed by atoms with Crippen LogP contribution in [-0.4, -0.2) is 47.7 Å². The van der Waals surface area contributed by atoms with Gasteiger partial charge in [-0.2, -0.15) is 0 Å². The molecule has 0 spiro atoms. The molecule has 1 atom stereocenters. The second kappa shape index (κ2) is 3.27. The summed E-state index contributed by atoms with van der Waals surface area (Å²) in [7, 11) is 0. The van der Waals surface area contributed by atoms with E-state index in [9.17, 15) is 9.90 Å². The number of hydrogen-bond donors (Lipinski definition) is 2. The molecule has 0 bridgehead atoms. The minimum Gasteiger partial charge on any atom is -0.387 e. The van der Waals surface area contributed by atoms with Crippen molar-refractivity contribution in [3.8, 4) is 0 Å². The van der Waals surface area contributed by atoms with Gasteiger partial charge in [0.15, 0.2) is 0 Å². The van der Waals surface area contributed by atoms with Crippen molar-refractivity contribution in [3.63, 3.8) is 0 Å². The normalized spacial score (nSPS) is 34.5. The molecule has 2 N–H and O–H groups in total. The lowest BCUT2D eigenvalue weighted by molar-refractivity contribution is -0.130. The van der Waals surface area contributed by atoms with E-state index in [1.165, 1.54) is 0 Å². The van der Waals surface area contributed by atoms with Gasteiger partial charge in [0.1, 0.15) is 0 Å². The molecule has 1 amide bonds. The molecule has 4 nitrogen and oxygen atoms in total. The lowest BCUT2D eigenvalue weighted by Crippen LogP contribution is -2.45. The number of hydrogen-bond acceptors (Lipinski definition) is 3. The first-order chi connectivity index (χ1) is 6.20. The van der Waals surface area contributed by atoms with Gasteiger partial charge in [-0.3, -0.25) is 4.79 Å². The number of rotatable bonds is 2. The summed E-state index contributed by atoms with van der Waals surface area (Å²) in [5.74, 6) is 0.195. The van der Waals surface area contributed by atoms with E-state index in [1.54, 1.807) is 4.90 Å². The van der Waals surface area contributed by atoms with Crippen molar-refractivity contribution in [2.75, 3.05) is 26.2 Å². The smallest absolute Gasteiger partial charge is 0.222 e. The van der Waals surface area contributed by atoms with E-state index in [1.807, 2.05) is 0 Å². The Bertz CT molecular complexity index is 212. The molecule has 0 aliphatic carbocycles. The van der Waals surface area contributed by atoms with Crippen LogP contribution in [0.1, 0.15) is 19.3 Å². The summed E-state index contributed by atoms with van der Waals surface area (Å²) in [6, 6.07) is 0. The molecule has 2 saturated heterocycles. The fourth-order valence-electron chi connectivity index (χ4n) is 2.09. The Morgan fingerprint density at radius 3 is 3.00 bits per heavy atom. The van der Waals surface area contributed by atoms with Crippen LogP contribution in [0.3, 0.4) is 0 Å². The number of nitrogens with one attached hydrogen (secondary N) is 1. The van der Waals surface area contributed by atoms with Gasteiger partial charge < -0.3 is 15.3 Å². The number of carbonyl (C=O) groups is 1. The fraction of sp³-hybridized carbons (Fsp3) is 0.889. The number of aliphatic hydroxyl groups is 1.